The van der Waals surface area contributed by atoms with Crippen LogP contribution >= 0.6 is 23.2 Å². The molecule has 3 aromatic carbocycles. The Kier molecular flexibility index (Phi) is 8.46. The Labute approximate surface area is 219 Å². The number of nitrogens with one attached hydrogen (secondary N) is 1. The number of benzene rings is 3. The van der Waals surface area contributed by atoms with Crippen molar-refractivity contribution in [1.82, 2.24) is 5.43 Å². The fourth-order valence-corrected chi connectivity index (χ4v) is 4.30. The first kappa shape index (κ1) is 25.5. The van der Waals surface area contributed by atoms with E-state index in [2.05, 4.69) is 10.5 Å². The highest BCUT2D eigenvalue weighted by atomic mass is 35.5. The minimum Gasteiger partial charge on any atom is -0.494 e. The first-order valence-electron chi connectivity index (χ1n) is 11.5. The number of anilines is 1. The third-order valence-electron chi connectivity index (χ3n) is 5.65. The second-order valence-electron chi connectivity index (χ2n) is 8.13. The zero-order valence-electron chi connectivity index (χ0n) is 19.6. The summed E-state index contributed by atoms with van der Waals surface area (Å²) in [4.78, 5) is 26.7. The van der Waals surface area contributed by atoms with Crippen LogP contribution < -0.4 is 19.8 Å². The molecule has 0 unspecified atom stereocenters. The molecule has 9 heteroatoms. The second-order valence-corrected chi connectivity index (χ2v) is 8.94. The number of carbonyl (C=O) groups is 2. The number of amides is 2. The molecule has 4 rings (SSSR count). The molecule has 1 fully saturated rings. The maximum Gasteiger partial charge on any atom is 0.245 e. The predicted molar refractivity (Wildman–Crippen MR) is 141 cm³/mol. The fraction of sp³-hybridized carbons (Fsp3) is 0.222. The van der Waals surface area contributed by atoms with Crippen molar-refractivity contribution in [2.24, 2.45) is 11.0 Å². The van der Waals surface area contributed by atoms with Gasteiger partial charge in [-0.25, -0.2) is 5.43 Å². The van der Waals surface area contributed by atoms with E-state index in [9.17, 15) is 9.59 Å². The Morgan fingerprint density at radius 2 is 1.78 bits per heavy atom. The van der Waals surface area contributed by atoms with Crippen LogP contribution in [0.2, 0.25) is 10.0 Å². The summed E-state index contributed by atoms with van der Waals surface area (Å²) in [6, 6.07) is 19.8. The van der Waals surface area contributed by atoms with Gasteiger partial charge in [-0.2, -0.15) is 5.10 Å². The second kappa shape index (κ2) is 11.9. The van der Waals surface area contributed by atoms with Crippen LogP contribution in [0.5, 0.6) is 11.5 Å². The van der Waals surface area contributed by atoms with E-state index >= 15 is 0 Å². The number of hydrazone groups is 1. The predicted octanol–water partition coefficient (Wildman–Crippen LogP) is 5.47. The van der Waals surface area contributed by atoms with Crippen LogP contribution in [0.25, 0.3) is 0 Å². The lowest BCUT2D eigenvalue weighted by Gasteiger charge is -2.17. The molecule has 0 radical (unpaired) electrons. The highest BCUT2D eigenvalue weighted by Gasteiger charge is 2.35. The van der Waals surface area contributed by atoms with Crippen molar-refractivity contribution in [3.63, 3.8) is 0 Å². The summed E-state index contributed by atoms with van der Waals surface area (Å²) in [5.74, 6) is 0.434. The van der Waals surface area contributed by atoms with E-state index in [1.54, 1.807) is 35.2 Å². The number of halogens is 2. The number of hydrogen-bond acceptors (Lipinski definition) is 5. The summed E-state index contributed by atoms with van der Waals surface area (Å²) in [6.07, 6.45) is 1.65. The maximum atomic E-state index is 12.6. The summed E-state index contributed by atoms with van der Waals surface area (Å²) >= 11 is 12.4. The lowest BCUT2D eigenvalue weighted by Crippen LogP contribution is -2.30. The van der Waals surface area contributed by atoms with E-state index in [1.165, 1.54) is 6.21 Å². The van der Waals surface area contributed by atoms with Crippen LogP contribution in [-0.2, 0) is 16.2 Å². The van der Waals surface area contributed by atoms with Gasteiger partial charge in [0.2, 0.25) is 11.8 Å². The molecule has 1 aliphatic rings. The van der Waals surface area contributed by atoms with Crippen molar-refractivity contribution in [1.29, 1.82) is 0 Å². The van der Waals surface area contributed by atoms with E-state index in [1.807, 2.05) is 43.3 Å². The molecule has 7 nitrogen and oxygen atoms in total. The summed E-state index contributed by atoms with van der Waals surface area (Å²) in [5.41, 5.74) is 4.71. The standard InChI is InChI=1S/C27H25Cl2N3O4/c1-2-35-21-11-9-20(10-12-21)32-16-19(14-26(32)33)27(34)31-30-15-18-5-3-6-22(13-18)36-17-23-24(28)7-4-8-25(23)29/h3-13,15,19H,2,14,16-17H2,1H3,(H,31,34)/b30-15-/t19-/m1/s1. The summed E-state index contributed by atoms with van der Waals surface area (Å²) in [6.45, 7) is 2.99. The molecule has 1 heterocycles. The van der Waals surface area contributed by atoms with Crippen molar-refractivity contribution in [3.8, 4) is 11.5 Å². The molecule has 186 valence electrons. The van der Waals surface area contributed by atoms with Crippen molar-refractivity contribution in [3.05, 3.63) is 87.9 Å². The van der Waals surface area contributed by atoms with Crippen LogP contribution in [0.3, 0.4) is 0 Å². The zero-order valence-corrected chi connectivity index (χ0v) is 21.1. The van der Waals surface area contributed by atoms with Crippen LogP contribution in [0.15, 0.2) is 71.8 Å². The molecular weight excluding hydrogens is 501 g/mol. The first-order valence-corrected chi connectivity index (χ1v) is 12.2. The Morgan fingerprint density at radius 3 is 2.50 bits per heavy atom. The van der Waals surface area contributed by atoms with E-state index < -0.39 is 5.92 Å². The van der Waals surface area contributed by atoms with Crippen molar-refractivity contribution in [2.75, 3.05) is 18.1 Å². The van der Waals surface area contributed by atoms with Gasteiger partial charge in [0.15, 0.2) is 0 Å². The largest absolute Gasteiger partial charge is 0.494 e. The number of nitrogens with zero attached hydrogens (tertiary/aromatic N) is 2. The Hall–Kier alpha value is -3.55. The van der Waals surface area contributed by atoms with Gasteiger partial charge in [-0.05, 0) is 61.0 Å². The van der Waals surface area contributed by atoms with Gasteiger partial charge in [0.05, 0.1) is 18.7 Å². The molecular formula is C27H25Cl2N3O4. The van der Waals surface area contributed by atoms with Gasteiger partial charge in [-0.3, -0.25) is 9.59 Å². The third-order valence-corrected chi connectivity index (χ3v) is 6.35. The zero-order chi connectivity index (χ0) is 25.5. The van der Waals surface area contributed by atoms with Gasteiger partial charge in [0, 0.05) is 34.3 Å². The topological polar surface area (TPSA) is 80.2 Å². The van der Waals surface area contributed by atoms with Crippen molar-refractivity contribution >= 4 is 46.9 Å². The lowest BCUT2D eigenvalue weighted by atomic mass is 10.1. The minimum absolute atomic E-state index is 0.105. The molecule has 1 saturated heterocycles. The molecule has 3 aromatic rings. The van der Waals surface area contributed by atoms with Gasteiger partial charge < -0.3 is 14.4 Å². The highest BCUT2D eigenvalue weighted by Crippen LogP contribution is 2.28. The van der Waals surface area contributed by atoms with Crippen LogP contribution in [0.1, 0.15) is 24.5 Å². The Bertz CT molecular complexity index is 1240. The van der Waals surface area contributed by atoms with E-state index in [0.717, 1.165) is 17.0 Å². The van der Waals surface area contributed by atoms with E-state index in [-0.39, 0.29) is 24.8 Å². The normalized spacial score (nSPS) is 15.4. The van der Waals surface area contributed by atoms with Gasteiger partial charge >= 0.3 is 0 Å². The third kappa shape index (κ3) is 6.36. The maximum absolute atomic E-state index is 12.6. The average Bonchev–Trinajstić information content (AvgIpc) is 3.26. The number of rotatable bonds is 9. The van der Waals surface area contributed by atoms with Gasteiger partial charge in [-0.15, -0.1) is 0 Å². The molecule has 1 N–H and O–H groups in total. The minimum atomic E-state index is -0.490. The number of ether oxygens (including phenoxy) is 2. The van der Waals surface area contributed by atoms with Gasteiger partial charge in [0.1, 0.15) is 18.1 Å². The molecule has 0 saturated carbocycles. The van der Waals surface area contributed by atoms with E-state index in [0.29, 0.717) is 34.5 Å². The van der Waals surface area contributed by atoms with Crippen molar-refractivity contribution in [2.45, 2.75) is 20.0 Å². The monoisotopic (exact) mass is 525 g/mol. The molecule has 36 heavy (non-hydrogen) atoms. The molecule has 1 atom stereocenters. The summed E-state index contributed by atoms with van der Waals surface area (Å²) < 4.78 is 11.3. The molecule has 1 aliphatic heterocycles. The number of hydrogen-bond donors (Lipinski definition) is 1. The quantitative estimate of drug-likeness (QED) is 0.296. The lowest BCUT2D eigenvalue weighted by molar-refractivity contribution is -0.126. The van der Waals surface area contributed by atoms with Gasteiger partial charge in [0.25, 0.3) is 0 Å². The van der Waals surface area contributed by atoms with Crippen LogP contribution in [0, 0.1) is 5.92 Å². The molecule has 0 aromatic heterocycles. The molecule has 0 spiro atoms. The molecule has 0 bridgehead atoms. The van der Waals surface area contributed by atoms with Crippen molar-refractivity contribution < 1.29 is 19.1 Å². The Balaban J connectivity index is 1.31. The highest BCUT2D eigenvalue weighted by molar-refractivity contribution is 6.35. The smallest absolute Gasteiger partial charge is 0.245 e. The van der Waals surface area contributed by atoms with E-state index in [4.69, 9.17) is 32.7 Å². The molecule has 2 amide bonds. The van der Waals surface area contributed by atoms with Crippen LogP contribution in [0.4, 0.5) is 5.69 Å². The molecule has 0 aliphatic carbocycles. The fourth-order valence-electron chi connectivity index (χ4n) is 3.79. The Morgan fingerprint density at radius 1 is 1.06 bits per heavy atom. The SMILES string of the molecule is CCOc1ccc(N2C[C@H](C(=O)N/N=C\c3cccc(OCc4c(Cl)cccc4Cl)c3)CC2=O)cc1. The summed E-state index contributed by atoms with van der Waals surface area (Å²) in [5, 5.41) is 5.13. The number of carbonyl (C=O) groups excluding carboxylic acids is 2. The van der Waals surface area contributed by atoms with Gasteiger partial charge in [-0.1, -0.05) is 41.4 Å². The summed E-state index contributed by atoms with van der Waals surface area (Å²) in [7, 11) is 0. The first-order chi connectivity index (χ1) is 17.4. The average molecular weight is 526 g/mol. The van der Waals surface area contributed by atoms with Crippen LogP contribution in [-0.4, -0.2) is 31.2 Å².